The number of carbonyl (C=O) groups excluding carboxylic acids is 1. The average Bonchev–Trinajstić information content (AvgIpc) is 2.68. The molecule has 14 heavy (non-hydrogen) atoms. The Morgan fingerprint density at radius 2 is 2.36 bits per heavy atom. The smallest absolute Gasteiger partial charge is 0.151 e. The number of aldehydes is 1. The van der Waals surface area contributed by atoms with Crippen molar-refractivity contribution in [3.63, 3.8) is 0 Å². The SMILES string of the molecule is N#Cc1cc(C=O)c(S)c2ccsc12. The highest BCUT2D eigenvalue weighted by Gasteiger charge is 2.09. The van der Waals surface area contributed by atoms with Crippen LogP contribution in [0.5, 0.6) is 0 Å². The van der Waals surface area contributed by atoms with Gasteiger partial charge < -0.3 is 0 Å². The van der Waals surface area contributed by atoms with E-state index in [1.54, 1.807) is 6.07 Å². The molecule has 0 saturated carbocycles. The molecule has 1 aromatic carbocycles. The second kappa shape index (κ2) is 3.45. The fourth-order valence-corrected chi connectivity index (χ4v) is 2.57. The van der Waals surface area contributed by atoms with E-state index in [0.29, 0.717) is 16.0 Å². The van der Waals surface area contributed by atoms with Crippen LogP contribution in [0.15, 0.2) is 22.4 Å². The maximum absolute atomic E-state index is 10.7. The lowest BCUT2D eigenvalue weighted by atomic mass is 10.1. The first-order valence-corrected chi connectivity index (χ1v) is 5.19. The molecular weight excluding hydrogens is 214 g/mol. The minimum absolute atomic E-state index is 0.468. The van der Waals surface area contributed by atoms with Crippen LogP contribution in [0.1, 0.15) is 15.9 Å². The van der Waals surface area contributed by atoms with Crippen molar-refractivity contribution in [2.75, 3.05) is 0 Å². The topological polar surface area (TPSA) is 40.9 Å². The number of rotatable bonds is 1. The molecule has 1 aromatic heterocycles. The van der Waals surface area contributed by atoms with Gasteiger partial charge in [0.15, 0.2) is 6.29 Å². The van der Waals surface area contributed by atoms with E-state index in [4.69, 9.17) is 5.26 Å². The number of hydrogen-bond donors (Lipinski definition) is 1. The standard InChI is InChI=1S/C10H5NOS2/c11-4-6-3-7(5-12)9(13)8-1-2-14-10(6)8/h1-3,5,13H. The lowest BCUT2D eigenvalue weighted by molar-refractivity contribution is 0.112. The van der Waals surface area contributed by atoms with E-state index in [1.165, 1.54) is 11.3 Å². The molecule has 0 aliphatic carbocycles. The van der Waals surface area contributed by atoms with Crippen molar-refractivity contribution < 1.29 is 4.79 Å². The maximum Gasteiger partial charge on any atom is 0.151 e. The number of fused-ring (bicyclic) bond motifs is 1. The van der Waals surface area contributed by atoms with Crippen LogP contribution in [-0.4, -0.2) is 6.29 Å². The lowest BCUT2D eigenvalue weighted by Gasteiger charge is -2.00. The van der Waals surface area contributed by atoms with Crippen molar-refractivity contribution in [2.24, 2.45) is 0 Å². The zero-order chi connectivity index (χ0) is 10.1. The van der Waals surface area contributed by atoms with Gasteiger partial charge in [-0.2, -0.15) is 5.26 Å². The van der Waals surface area contributed by atoms with Crippen LogP contribution in [0.3, 0.4) is 0 Å². The van der Waals surface area contributed by atoms with Crippen molar-refractivity contribution >= 4 is 40.3 Å². The van der Waals surface area contributed by atoms with Crippen LogP contribution in [-0.2, 0) is 0 Å². The van der Waals surface area contributed by atoms with E-state index in [0.717, 1.165) is 16.4 Å². The van der Waals surface area contributed by atoms with Crippen molar-refractivity contribution in [1.82, 2.24) is 0 Å². The summed E-state index contributed by atoms with van der Waals surface area (Å²) in [5, 5.41) is 11.6. The molecule has 0 bridgehead atoms. The second-order valence-corrected chi connectivity index (χ2v) is 4.12. The normalized spacial score (nSPS) is 10.0. The fraction of sp³-hybridized carbons (Fsp3) is 0. The third-order valence-electron chi connectivity index (χ3n) is 1.99. The van der Waals surface area contributed by atoms with Gasteiger partial charge in [0.1, 0.15) is 6.07 Å². The highest BCUT2D eigenvalue weighted by molar-refractivity contribution is 7.80. The molecule has 2 aromatic rings. The summed E-state index contributed by atoms with van der Waals surface area (Å²) in [5.41, 5.74) is 1.01. The van der Waals surface area contributed by atoms with Crippen molar-refractivity contribution in [3.05, 3.63) is 28.6 Å². The third-order valence-corrected chi connectivity index (χ3v) is 3.43. The van der Waals surface area contributed by atoms with Gasteiger partial charge in [0.05, 0.1) is 10.3 Å². The monoisotopic (exact) mass is 219 g/mol. The number of nitrogens with zero attached hydrogens (tertiary/aromatic N) is 1. The summed E-state index contributed by atoms with van der Waals surface area (Å²) in [4.78, 5) is 11.4. The highest BCUT2D eigenvalue weighted by Crippen LogP contribution is 2.31. The first-order chi connectivity index (χ1) is 6.77. The molecule has 1 heterocycles. The molecule has 0 spiro atoms. The van der Waals surface area contributed by atoms with E-state index in [2.05, 4.69) is 18.7 Å². The zero-order valence-corrected chi connectivity index (χ0v) is 8.73. The Bertz CT molecular complexity index is 551. The van der Waals surface area contributed by atoms with Crippen LogP contribution in [0.4, 0.5) is 0 Å². The van der Waals surface area contributed by atoms with Gasteiger partial charge in [-0.1, -0.05) is 0 Å². The molecule has 2 rings (SSSR count). The average molecular weight is 219 g/mol. The molecule has 0 atom stereocenters. The highest BCUT2D eigenvalue weighted by atomic mass is 32.1. The maximum atomic E-state index is 10.7. The van der Waals surface area contributed by atoms with Crippen molar-refractivity contribution in [2.45, 2.75) is 4.90 Å². The summed E-state index contributed by atoms with van der Waals surface area (Å²) in [6.07, 6.45) is 0.722. The first kappa shape index (κ1) is 9.25. The number of thiol groups is 1. The van der Waals surface area contributed by atoms with Gasteiger partial charge in [-0.3, -0.25) is 4.79 Å². The number of nitriles is 1. The molecule has 2 nitrogen and oxygen atoms in total. The van der Waals surface area contributed by atoms with Crippen LogP contribution < -0.4 is 0 Å². The van der Waals surface area contributed by atoms with E-state index in [9.17, 15) is 4.79 Å². The van der Waals surface area contributed by atoms with Crippen LogP contribution in [0.2, 0.25) is 0 Å². The molecule has 68 valence electrons. The minimum Gasteiger partial charge on any atom is -0.298 e. The summed E-state index contributed by atoms with van der Waals surface area (Å²) in [7, 11) is 0. The predicted molar refractivity (Wildman–Crippen MR) is 59.2 cm³/mol. The van der Waals surface area contributed by atoms with E-state index in [1.807, 2.05) is 11.4 Å². The summed E-state index contributed by atoms with van der Waals surface area (Å²) in [5.74, 6) is 0. The van der Waals surface area contributed by atoms with Gasteiger partial charge in [0.2, 0.25) is 0 Å². The Morgan fingerprint density at radius 3 is 3.00 bits per heavy atom. The van der Waals surface area contributed by atoms with E-state index in [-0.39, 0.29) is 0 Å². The third kappa shape index (κ3) is 1.22. The van der Waals surface area contributed by atoms with Gasteiger partial charge in [-0.15, -0.1) is 24.0 Å². The molecule has 0 saturated heterocycles. The van der Waals surface area contributed by atoms with Crippen molar-refractivity contribution in [1.29, 1.82) is 5.26 Å². The van der Waals surface area contributed by atoms with Crippen LogP contribution >= 0.6 is 24.0 Å². The Balaban J connectivity index is 2.95. The number of hydrogen-bond acceptors (Lipinski definition) is 4. The Labute approximate surface area is 90.2 Å². The van der Waals surface area contributed by atoms with Crippen molar-refractivity contribution in [3.8, 4) is 6.07 Å². The van der Waals surface area contributed by atoms with Crippen LogP contribution in [0, 0.1) is 11.3 Å². The number of thiophene rings is 1. The Morgan fingerprint density at radius 1 is 1.57 bits per heavy atom. The Hall–Kier alpha value is -1.31. The summed E-state index contributed by atoms with van der Waals surface area (Å²) in [6.45, 7) is 0. The summed E-state index contributed by atoms with van der Waals surface area (Å²) < 4.78 is 0.892. The number of benzene rings is 1. The Kier molecular flexibility index (Phi) is 2.28. The lowest BCUT2D eigenvalue weighted by Crippen LogP contribution is -1.86. The largest absolute Gasteiger partial charge is 0.298 e. The molecule has 0 aliphatic rings. The molecule has 4 heteroatoms. The van der Waals surface area contributed by atoms with E-state index >= 15 is 0 Å². The molecule has 0 radical (unpaired) electrons. The quantitative estimate of drug-likeness (QED) is 0.592. The molecular formula is C10H5NOS2. The molecule has 0 unspecified atom stereocenters. The van der Waals surface area contributed by atoms with Gasteiger partial charge in [-0.05, 0) is 17.5 Å². The zero-order valence-electron chi connectivity index (χ0n) is 7.02. The molecule has 0 N–H and O–H groups in total. The number of carbonyl (C=O) groups is 1. The fourth-order valence-electron chi connectivity index (χ4n) is 1.32. The van der Waals surface area contributed by atoms with Crippen LogP contribution in [0.25, 0.3) is 10.1 Å². The van der Waals surface area contributed by atoms with Gasteiger partial charge >= 0.3 is 0 Å². The van der Waals surface area contributed by atoms with Gasteiger partial charge in [0, 0.05) is 15.8 Å². The second-order valence-electron chi connectivity index (χ2n) is 2.76. The van der Waals surface area contributed by atoms with E-state index < -0.39 is 0 Å². The van der Waals surface area contributed by atoms with Gasteiger partial charge in [-0.25, -0.2) is 0 Å². The molecule has 0 amide bonds. The minimum atomic E-state index is 0.468. The molecule has 0 fully saturated rings. The molecule has 0 aliphatic heterocycles. The summed E-state index contributed by atoms with van der Waals surface area (Å²) >= 11 is 5.75. The summed E-state index contributed by atoms with van der Waals surface area (Å²) in [6, 6.07) is 5.52. The predicted octanol–water partition coefficient (Wildman–Crippen LogP) is 2.87. The first-order valence-electron chi connectivity index (χ1n) is 3.86. The van der Waals surface area contributed by atoms with Gasteiger partial charge in [0.25, 0.3) is 0 Å².